The van der Waals surface area contributed by atoms with Crippen LogP contribution in [0.5, 0.6) is 11.5 Å². The van der Waals surface area contributed by atoms with Gasteiger partial charge < -0.3 is 19.1 Å². The van der Waals surface area contributed by atoms with Crippen LogP contribution >= 0.6 is 0 Å². The third-order valence-electron chi connectivity index (χ3n) is 5.21. The zero-order valence-electron chi connectivity index (χ0n) is 13.9. The van der Waals surface area contributed by atoms with Crippen molar-refractivity contribution < 1.29 is 14.2 Å². The second-order valence-corrected chi connectivity index (χ2v) is 6.19. The van der Waals surface area contributed by atoms with Gasteiger partial charge in [-0.05, 0) is 43.0 Å². The van der Waals surface area contributed by atoms with E-state index in [9.17, 15) is 0 Å². The first-order valence-electron chi connectivity index (χ1n) is 7.83. The Morgan fingerprint density at radius 3 is 2.55 bits per heavy atom. The summed E-state index contributed by atoms with van der Waals surface area (Å²) in [6.45, 7) is 1.08. The van der Waals surface area contributed by atoms with Crippen LogP contribution in [0, 0.1) is 0 Å². The van der Waals surface area contributed by atoms with E-state index < -0.39 is 0 Å². The van der Waals surface area contributed by atoms with Gasteiger partial charge in [0.2, 0.25) is 0 Å². The van der Waals surface area contributed by atoms with Crippen LogP contribution in [0.15, 0.2) is 30.0 Å². The molecule has 3 rings (SSSR count). The van der Waals surface area contributed by atoms with Crippen LogP contribution in [-0.4, -0.2) is 45.9 Å². The predicted octanol–water partition coefficient (Wildman–Crippen LogP) is 2.97. The molecule has 0 aromatic heterocycles. The Bertz CT molecular complexity index is 584. The Labute approximate surface area is 132 Å². The van der Waals surface area contributed by atoms with E-state index in [4.69, 9.17) is 14.2 Å². The van der Waals surface area contributed by atoms with E-state index in [0.29, 0.717) is 0 Å². The Hall–Kier alpha value is -1.68. The zero-order chi connectivity index (χ0) is 15.7. The molecule has 0 spiro atoms. The Balaban J connectivity index is 2.06. The quantitative estimate of drug-likeness (QED) is 0.855. The van der Waals surface area contributed by atoms with Crippen molar-refractivity contribution in [2.45, 2.75) is 30.8 Å². The highest BCUT2D eigenvalue weighted by Crippen LogP contribution is 2.50. The van der Waals surface area contributed by atoms with E-state index in [-0.39, 0.29) is 11.5 Å². The number of methoxy groups -OCH3 is 3. The van der Waals surface area contributed by atoms with Crippen molar-refractivity contribution in [3.05, 3.63) is 35.5 Å². The average molecular weight is 303 g/mol. The first kappa shape index (κ1) is 15.2. The van der Waals surface area contributed by atoms with Gasteiger partial charge in [-0.15, -0.1) is 0 Å². The minimum atomic E-state index is 0.0866. The van der Waals surface area contributed by atoms with Gasteiger partial charge >= 0.3 is 0 Å². The third-order valence-corrected chi connectivity index (χ3v) is 5.21. The number of likely N-dealkylation sites (N-methyl/N-ethyl adjacent to an activating group) is 1. The Kier molecular flexibility index (Phi) is 4.04. The molecule has 1 heterocycles. The summed E-state index contributed by atoms with van der Waals surface area (Å²) in [7, 11) is 7.33. The van der Waals surface area contributed by atoms with E-state index >= 15 is 0 Å². The lowest BCUT2D eigenvalue weighted by Gasteiger charge is -2.38. The zero-order valence-corrected chi connectivity index (χ0v) is 13.9. The summed E-state index contributed by atoms with van der Waals surface area (Å²) in [5.41, 5.74) is 2.79. The molecule has 2 aliphatic rings. The van der Waals surface area contributed by atoms with Gasteiger partial charge in [-0.25, -0.2) is 0 Å². The molecule has 1 fully saturated rings. The van der Waals surface area contributed by atoms with Crippen LogP contribution in [0.25, 0.3) is 0 Å². The number of nitrogens with zero attached hydrogens (tertiary/aromatic N) is 1. The number of benzene rings is 1. The lowest BCUT2D eigenvalue weighted by atomic mass is 9.70. The second kappa shape index (κ2) is 5.84. The summed E-state index contributed by atoms with van der Waals surface area (Å²) < 4.78 is 16.4. The first-order valence-corrected chi connectivity index (χ1v) is 7.83. The maximum absolute atomic E-state index is 5.56. The van der Waals surface area contributed by atoms with Crippen molar-refractivity contribution >= 4 is 0 Å². The van der Waals surface area contributed by atoms with E-state index in [1.54, 1.807) is 21.3 Å². The molecule has 1 aromatic carbocycles. The van der Waals surface area contributed by atoms with Crippen molar-refractivity contribution in [1.29, 1.82) is 0 Å². The molecule has 2 unspecified atom stereocenters. The lowest BCUT2D eigenvalue weighted by Crippen LogP contribution is -2.34. The van der Waals surface area contributed by atoms with Crippen molar-refractivity contribution in [2.75, 3.05) is 34.9 Å². The smallest absolute Gasteiger partial charge is 0.161 e. The van der Waals surface area contributed by atoms with Crippen molar-refractivity contribution in [3.8, 4) is 11.5 Å². The molecular formula is C18H25NO3. The molecule has 0 radical (unpaired) electrons. The summed E-state index contributed by atoms with van der Waals surface area (Å²) in [6, 6.07) is 6.34. The number of likely N-dealkylation sites (tertiary alicyclic amines) is 1. The number of hydrogen-bond acceptors (Lipinski definition) is 4. The van der Waals surface area contributed by atoms with E-state index in [1.807, 2.05) is 6.07 Å². The van der Waals surface area contributed by atoms with Crippen LogP contribution in [-0.2, 0) is 10.2 Å². The van der Waals surface area contributed by atoms with Crippen LogP contribution in [0.3, 0.4) is 0 Å². The van der Waals surface area contributed by atoms with Crippen LogP contribution in [0.4, 0.5) is 0 Å². The van der Waals surface area contributed by atoms with E-state index in [2.05, 4.69) is 30.2 Å². The lowest BCUT2D eigenvalue weighted by molar-refractivity contribution is 0.115. The Morgan fingerprint density at radius 1 is 1.09 bits per heavy atom. The highest BCUT2D eigenvalue weighted by molar-refractivity contribution is 5.49. The molecule has 2 atom stereocenters. The van der Waals surface area contributed by atoms with Gasteiger partial charge in [0.05, 0.1) is 20.3 Å². The number of rotatable bonds is 4. The summed E-state index contributed by atoms with van der Waals surface area (Å²) >= 11 is 0. The van der Waals surface area contributed by atoms with Gasteiger partial charge in [-0.3, -0.25) is 0 Å². The van der Waals surface area contributed by atoms with Gasteiger partial charge in [-0.2, -0.15) is 0 Å². The fourth-order valence-electron chi connectivity index (χ4n) is 3.92. The molecule has 4 nitrogen and oxygen atoms in total. The number of allylic oxidation sites excluding steroid dienone is 1. The molecule has 0 amide bonds. The molecule has 0 bridgehead atoms. The summed E-state index contributed by atoms with van der Waals surface area (Å²) in [4.78, 5) is 2.36. The molecule has 1 aliphatic heterocycles. The van der Waals surface area contributed by atoms with Gasteiger partial charge in [0.25, 0.3) is 0 Å². The SMILES string of the molecule is COc1ccc(C23CCC(OC)C=C2N(C)CC3)cc1OC. The largest absolute Gasteiger partial charge is 0.493 e. The molecule has 0 saturated carbocycles. The normalized spacial score (nSPS) is 27.4. The van der Waals surface area contributed by atoms with Gasteiger partial charge in [0, 0.05) is 31.8 Å². The molecule has 0 N–H and O–H groups in total. The fraction of sp³-hybridized carbons (Fsp3) is 0.556. The number of ether oxygens (including phenoxy) is 3. The molecule has 22 heavy (non-hydrogen) atoms. The highest BCUT2D eigenvalue weighted by Gasteiger charge is 2.45. The monoisotopic (exact) mass is 303 g/mol. The molecule has 1 aliphatic carbocycles. The minimum Gasteiger partial charge on any atom is -0.493 e. The van der Waals surface area contributed by atoms with E-state index in [0.717, 1.165) is 37.3 Å². The fourth-order valence-corrected chi connectivity index (χ4v) is 3.92. The van der Waals surface area contributed by atoms with Crippen LogP contribution < -0.4 is 9.47 Å². The molecule has 120 valence electrons. The summed E-state index contributed by atoms with van der Waals surface area (Å²) in [6.07, 6.45) is 5.83. The standard InChI is InChI=1S/C18H25NO3/c1-19-10-9-18(8-7-14(20-2)12-17(18)19)13-5-6-15(21-3)16(11-13)22-4/h5-6,11-12,14H,7-10H2,1-4H3. The average Bonchev–Trinajstić information content (AvgIpc) is 2.91. The molecule has 1 aromatic rings. The topological polar surface area (TPSA) is 30.9 Å². The molecule has 4 heteroatoms. The van der Waals surface area contributed by atoms with Gasteiger partial charge in [-0.1, -0.05) is 6.07 Å². The maximum atomic E-state index is 5.56. The third kappa shape index (κ3) is 2.26. The first-order chi connectivity index (χ1) is 10.6. The summed E-state index contributed by atoms with van der Waals surface area (Å²) in [5, 5.41) is 0. The molecule has 1 saturated heterocycles. The highest BCUT2D eigenvalue weighted by atomic mass is 16.5. The van der Waals surface area contributed by atoms with Crippen LogP contribution in [0.2, 0.25) is 0 Å². The van der Waals surface area contributed by atoms with Crippen LogP contribution in [0.1, 0.15) is 24.8 Å². The summed E-state index contributed by atoms with van der Waals surface area (Å²) in [5.74, 6) is 1.59. The minimum absolute atomic E-state index is 0.0866. The van der Waals surface area contributed by atoms with Gasteiger partial charge in [0.1, 0.15) is 0 Å². The van der Waals surface area contributed by atoms with E-state index in [1.165, 1.54) is 11.3 Å². The van der Waals surface area contributed by atoms with Crippen molar-refractivity contribution in [1.82, 2.24) is 4.90 Å². The predicted molar refractivity (Wildman–Crippen MR) is 86.6 cm³/mol. The number of hydrogen-bond donors (Lipinski definition) is 0. The van der Waals surface area contributed by atoms with Crippen molar-refractivity contribution in [3.63, 3.8) is 0 Å². The second-order valence-electron chi connectivity index (χ2n) is 6.19. The molecular weight excluding hydrogens is 278 g/mol. The van der Waals surface area contributed by atoms with Crippen molar-refractivity contribution in [2.24, 2.45) is 0 Å². The maximum Gasteiger partial charge on any atom is 0.161 e. The Morgan fingerprint density at radius 2 is 1.86 bits per heavy atom. The van der Waals surface area contributed by atoms with Gasteiger partial charge in [0.15, 0.2) is 11.5 Å². The number of fused-ring (bicyclic) bond motifs is 1.